The minimum Gasteiger partial charge on any atom is -0.497 e. The van der Waals surface area contributed by atoms with Gasteiger partial charge in [-0.15, -0.1) is 11.6 Å². The molecular weight excluding hydrogens is 252 g/mol. The summed E-state index contributed by atoms with van der Waals surface area (Å²) >= 11 is 5.79. The van der Waals surface area contributed by atoms with Crippen molar-refractivity contribution in [3.63, 3.8) is 0 Å². The second-order valence-electron chi connectivity index (χ2n) is 3.84. The lowest BCUT2D eigenvalue weighted by molar-refractivity contribution is 0.395. The van der Waals surface area contributed by atoms with Crippen LogP contribution in [0.1, 0.15) is 5.69 Å². The van der Waals surface area contributed by atoms with Crippen LogP contribution < -0.4 is 9.47 Å². The predicted molar refractivity (Wildman–Crippen MR) is 71.3 cm³/mol. The van der Waals surface area contributed by atoms with Gasteiger partial charge in [-0.1, -0.05) is 0 Å². The van der Waals surface area contributed by atoms with E-state index in [0.717, 1.165) is 28.5 Å². The van der Waals surface area contributed by atoms with Gasteiger partial charge in [0.25, 0.3) is 0 Å². The van der Waals surface area contributed by atoms with E-state index in [1.54, 1.807) is 18.9 Å². The highest BCUT2D eigenvalue weighted by Gasteiger charge is 2.12. The first kappa shape index (κ1) is 12.8. The SMILES string of the molecule is COc1ccc(-c2cc(CCl)nn2C)c(OC)c1. The lowest BCUT2D eigenvalue weighted by Gasteiger charge is -2.10. The minimum absolute atomic E-state index is 0.395. The molecule has 0 N–H and O–H groups in total. The number of benzene rings is 1. The first-order valence-electron chi connectivity index (χ1n) is 5.51. The molecule has 0 aliphatic rings. The van der Waals surface area contributed by atoms with Gasteiger partial charge in [0, 0.05) is 18.7 Å². The molecule has 1 aromatic carbocycles. The Kier molecular flexibility index (Phi) is 3.77. The summed E-state index contributed by atoms with van der Waals surface area (Å²) in [6.07, 6.45) is 0. The van der Waals surface area contributed by atoms with Crippen LogP contribution in [0.25, 0.3) is 11.3 Å². The normalized spacial score (nSPS) is 10.4. The highest BCUT2D eigenvalue weighted by atomic mass is 35.5. The van der Waals surface area contributed by atoms with Crippen molar-refractivity contribution >= 4 is 11.6 Å². The second-order valence-corrected chi connectivity index (χ2v) is 4.11. The summed E-state index contributed by atoms with van der Waals surface area (Å²) in [5.41, 5.74) is 2.77. The summed E-state index contributed by atoms with van der Waals surface area (Å²) in [7, 11) is 5.15. The maximum Gasteiger partial charge on any atom is 0.131 e. The van der Waals surface area contributed by atoms with Crippen LogP contribution in [0.3, 0.4) is 0 Å². The molecule has 0 saturated carbocycles. The zero-order valence-electron chi connectivity index (χ0n) is 10.6. The number of rotatable bonds is 4. The summed E-state index contributed by atoms with van der Waals surface area (Å²) in [5.74, 6) is 1.90. The number of alkyl halides is 1. The molecule has 0 spiro atoms. The molecule has 4 nitrogen and oxygen atoms in total. The third-order valence-electron chi connectivity index (χ3n) is 2.75. The Bertz CT molecular complexity index is 552. The van der Waals surface area contributed by atoms with Gasteiger partial charge < -0.3 is 9.47 Å². The van der Waals surface area contributed by atoms with E-state index >= 15 is 0 Å². The molecule has 2 rings (SSSR count). The number of aromatic nitrogens is 2. The number of nitrogens with zero attached hydrogens (tertiary/aromatic N) is 2. The molecule has 0 aliphatic heterocycles. The average molecular weight is 267 g/mol. The summed E-state index contributed by atoms with van der Waals surface area (Å²) in [6, 6.07) is 7.65. The van der Waals surface area contributed by atoms with Gasteiger partial charge in [0.2, 0.25) is 0 Å². The third kappa shape index (κ3) is 2.29. The molecule has 0 unspecified atom stereocenters. The smallest absolute Gasteiger partial charge is 0.131 e. The van der Waals surface area contributed by atoms with Gasteiger partial charge in [-0.3, -0.25) is 4.68 Å². The Morgan fingerprint density at radius 1 is 1.22 bits per heavy atom. The number of ether oxygens (including phenoxy) is 2. The molecule has 2 aromatic rings. The fraction of sp³-hybridized carbons (Fsp3) is 0.308. The van der Waals surface area contributed by atoms with E-state index in [1.165, 1.54) is 0 Å². The predicted octanol–water partition coefficient (Wildman–Crippen LogP) is 2.84. The zero-order chi connectivity index (χ0) is 13.1. The Morgan fingerprint density at radius 3 is 2.56 bits per heavy atom. The number of hydrogen-bond acceptors (Lipinski definition) is 3. The van der Waals surface area contributed by atoms with Crippen LogP contribution in [-0.4, -0.2) is 24.0 Å². The van der Waals surface area contributed by atoms with Gasteiger partial charge in [-0.05, 0) is 18.2 Å². The topological polar surface area (TPSA) is 36.3 Å². The van der Waals surface area contributed by atoms with Crippen molar-refractivity contribution in [1.29, 1.82) is 0 Å². The van der Waals surface area contributed by atoms with E-state index in [9.17, 15) is 0 Å². The Morgan fingerprint density at radius 2 is 2.00 bits per heavy atom. The molecule has 0 saturated heterocycles. The van der Waals surface area contributed by atoms with Crippen LogP contribution in [-0.2, 0) is 12.9 Å². The van der Waals surface area contributed by atoms with E-state index in [0.29, 0.717) is 5.88 Å². The van der Waals surface area contributed by atoms with E-state index < -0.39 is 0 Å². The van der Waals surface area contributed by atoms with Gasteiger partial charge in [0.15, 0.2) is 0 Å². The van der Waals surface area contributed by atoms with Crippen LogP contribution in [0.15, 0.2) is 24.3 Å². The number of halogens is 1. The summed E-state index contributed by atoms with van der Waals surface area (Å²) in [6.45, 7) is 0. The lowest BCUT2D eigenvalue weighted by atomic mass is 10.1. The summed E-state index contributed by atoms with van der Waals surface area (Å²) < 4.78 is 12.4. The molecule has 0 aliphatic carbocycles. The summed E-state index contributed by atoms with van der Waals surface area (Å²) in [4.78, 5) is 0. The van der Waals surface area contributed by atoms with E-state index in [2.05, 4.69) is 5.10 Å². The van der Waals surface area contributed by atoms with E-state index in [4.69, 9.17) is 21.1 Å². The molecular formula is C13H15ClN2O2. The molecule has 0 amide bonds. The second kappa shape index (κ2) is 5.31. The summed E-state index contributed by atoms with van der Waals surface area (Å²) in [5, 5.41) is 4.32. The molecule has 1 aromatic heterocycles. The van der Waals surface area contributed by atoms with Gasteiger partial charge in [-0.2, -0.15) is 5.10 Å². The first-order valence-corrected chi connectivity index (χ1v) is 6.04. The van der Waals surface area contributed by atoms with Gasteiger partial charge >= 0.3 is 0 Å². The molecule has 18 heavy (non-hydrogen) atoms. The van der Waals surface area contributed by atoms with Gasteiger partial charge in [0.05, 0.1) is 31.5 Å². The van der Waals surface area contributed by atoms with Crippen molar-refractivity contribution in [2.24, 2.45) is 7.05 Å². The standard InChI is InChI=1S/C13H15ClN2O2/c1-16-12(6-9(8-14)15-16)11-5-4-10(17-2)7-13(11)18-3/h4-7H,8H2,1-3H3. The van der Waals surface area contributed by atoms with Crippen LogP contribution in [0, 0.1) is 0 Å². The molecule has 96 valence electrons. The zero-order valence-corrected chi connectivity index (χ0v) is 11.4. The largest absolute Gasteiger partial charge is 0.497 e. The molecule has 0 atom stereocenters. The third-order valence-corrected chi connectivity index (χ3v) is 3.03. The lowest BCUT2D eigenvalue weighted by Crippen LogP contribution is -1.96. The Labute approximate surface area is 111 Å². The monoisotopic (exact) mass is 266 g/mol. The van der Waals surface area contributed by atoms with Crippen molar-refractivity contribution in [1.82, 2.24) is 9.78 Å². The van der Waals surface area contributed by atoms with Gasteiger partial charge in [-0.25, -0.2) is 0 Å². The van der Waals surface area contributed by atoms with Crippen molar-refractivity contribution in [3.05, 3.63) is 30.0 Å². The maximum atomic E-state index is 5.79. The molecule has 5 heteroatoms. The number of aryl methyl sites for hydroxylation is 1. The fourth-order valence-electron chi connectivity index (χ4n) is 1.85. The van der Waals surface area contributed by atoms with Crippen LogP contribution >= 0.6 is 11.6 Å². The van der Waals surface area contributed by atoms with Gasteiger partial charge in [0.1, 0.15) is 11.5 Å². The molecule has 0 fully saturated rings. The van der Waals surface area contributed by atoms with Crippen molar-refractivity contribution < 1.29 is 9.47 Å². The van der Waals surface area contributed by atoms with Crippen molar-refractivity contribution in [3.8, 4) is 22.8 Å². The van der Waals surface area contributed by atoms with Crippen molar-refractivity contribution in [2.45, 2.75) is 5.88 Å². The maximum absolute atomic E-state index is 5.79. The highest BCUT2D eigenvalue weighted by Crippen LogP contribution is 2.33. The van der Waals surface area contributed by atoms with E-state index in [1.807, 2.05) is 31.3 Å². The van der Waals surface area contributed by atoms with Crippen LogP contribution in [0.5, 0.6) is 11.5 Å². The number of hydrogen-bond donors (Lipinski definition) is 0. The molecule has 0 bridgehead atoms. The molecule has 1 heterocycles. The van der Waals surface area contributed by atoms with Crippen LogP contribution in [0.2, 0.25) is 0 Å². The molecule has 0 radical (unpaired) electrons. The average Bonchev–Trinajstić information content (AvgIpc) is 2.79. The van der Waals surface area contributed by atoms with Crippen molar-refractivity contribution in [2.75, 3.05) is 14.2 Å². The Hall–Kier alpha value is -1.68. The fourth-order valence-corrected chi connectivity index (χ4v) is 1.98. The number of methoxy groups -OCH3 is 2. The highest BCUT2D eigenvalue weighted by molar-refractivity contribution is 6.16. The quantitative estimate of drug-likeness (QED) is 0.799. The first-order chi connectivity index (χ1) is 8.69. The minimum atomic E-state index is 0.395. The van der Waals surface area contributed by atoms with E-state index in [-0.39, 0.29) is 0 Å². The van der Waals surface area contributed by atoms with Crippen LogP contribution in [0.4, 0.5) is 0 Å². The Balaban J connectivity index is 2.52.